The third-order valence-electron chi connectivity index (χ3n) is 6.33. The van der Waals surface area contributed by atoms with Gasteiger partial charge in [-0.3, -0.25) is 9.69 Å². The number of ether oxygens (including phenoxy) is 1. The topological polar surface area (TPSA) is 130 Å². The molecule has 3 aromatic rings. The summed E-state index contributed by atoms with van der Waals surface area (Å²) in [5.74, 6) is -1.52. The Balaban J connectivity index is 0.000000255. The Morgan fingerprint density at radius 2 is 1.90 bits per heavy atom. The third-order valence-corrected chi connectivity index (χ3v) is 7.25. The van der Waals surface area contributed by atoms with Gasteiger partial charge in [-0.25, -0.2) is 9.78 Å². The summed E-state index contributed by atoms with van der Waals surface area (Å²) in [6, 6.07) is 9.18. The number of anilines is 3. The van der Waals surface area contributed by atoms with Gasteiger partial charge in [-0.15, -0.1) is 0 Å². The summed E-state index contributed by atoms with van der Waals surface area (Å²) in [6.45, 7) is 4.14. The Morgan fingerprint density at radius 1 is 1.18 bits per heavy atom. The lowest BCUT2D eigenvalue weighted by Gasteiger charge is -2.27. The second kappa shape index (κ2) is 12.7. The number of rotatable bonds is 7. The molecule has 0 radical (unpaired) electrons. The highest BCUT2D eigenvalue weighted by Crippen LogP contribution is 2.34. The molecule has 2 aromatic carbocycles. The Labute approximate surface area is 233 Å². The summed E-state index contributed by atoms with van der Waals surface area (Å²) in [5.41, 5.74) is 6.88. The lowest BCUT2D eigenvalue weighted by molar-refractivity contribution is -0.138. The Morgan fingerprint density at radius 3 is 2.50 bits per heavy atom. The molecule has 9 nitrogen and oxygen atoms in total. The fourth-order valence-electron chi connectivity index (χ4n) is 3.88. The van der Waals surface area contributed by atoms with Crippen molar-refractivity contribution in [1.82, 2.24) is 9.88 Å². The predicted octanol–water partition coefficient (Wildman–Crippen LogP) is 5.10. The summed E-state index contributed by atoms with van der Waals surface area (Å²) in [7, 11) is 0. The van der Waals surface area contributed by atoms with E-state index in [9.17, 15) is 22.8 Å². The second-order valence-electron chi connectivity index (χ2n) is 9.54. The number of thiazole rings is 1. The summed E-state index contributed by atoms with van der Waals surface area (Å²) < 4.78 is 46.0. The number of alkyl halides is 3. The monoisotopic (exact) mass is 577 g/mol. The number of benzene rings is 2. The van der Waals surface area contributed by atoms with Crippen molar-refractivity contribution in [3.05, 3.63) is 69.7 Å². The first-order chi connectivity index (χ1) is 19.0. The van der Waals surface area contributed by atoms with Crippen LogP contribution in [-0.2, 0) is 17.5 Å². The fraction of sp³-hybridized carbons (Fsp3) is 0.370. The number of carbonyl (C=O) groups is 2. The number of amides is 1. The molecule has 2 fully saturated rings. The normalized spacial score (nSPS) is 15.6. The Hall–Kier alpha value is -3.68. The van der Waals surface area contributed by atoms with Crippen molar-refractivity contribution in [2.45, 2.75) is 38.5 Å². The van der Waals surface area contributed by atoms with Gasteiger partial charge < -0.3 is 26.2 Å². The van der Waals surface area contributed by atoms with Crippen LogP contribution in [0.1, 0.15) is 49.6 Å². The van der Waals surface area contributed by atoms with E-state index < -0.39 is 23.6 Å². The number of hydrogen-bond donors (Lipinski definition) is 4. The lowest BCUT2D eigenvalue weighted by Crippen LogP contribution is -2.36. The molecular formula is C27H30F3N5O4S. The second-order valence-corrected chi connectivity index (χ2v) is 10.6. The lowest BCUT2D eigenvalue weighted by atomic mass is 10.0. The van der Waals surface area contributed by atoms with Crippen LogP contribution in [0.15, 0.2) is 42.6 Å². The number of hydrogen-bond acceptors (Lipinski definition) is 8. The minimum atomic E-state index is -4.55. The van der Waals surface area contributed by atoms with Crippen LogP contribution in [0, 0.1) is 6.92 Å². The Bertz CT molecular complexity index is 1350. The standard InChI is InChI=1S/C20H22F3N3O2.C7H8N2O2S/c1-13-2-5-16(11-18(13)24)25-19(27)14-3-4-15(17(10-14)20(21,22)23)12-26-6-8-28-9-7-26;10-6(11)5-3-8-7(12-5)9-4-1-2-4/h2-5,10-11H,6-9,12,24H2,1H3,(H,25,27);3-4H,1-2H2,(H,8,9)(H,10,11). The van der Waals surface area contributed by atoms with Gasteiger partial charge in [0.2, 0.25) is 0 Å². The van der Waals surface area contributed by atoms with E-state index in [0.29, 0.717) is 43.7 Å². The molecule has 13 heteroatoms. The first-order valence-electron chi connectivity index (χ1n) is 12.6. The van der Waals surface area contributed by atoms with Gasteiger partial charge in [0.1, 0.15) is 4.88 Å². The van der Waals surface area contributed by atoms with Crippen LogP contribution < -0.4 is 16.4 Å². The molecule has 1 aromatic heterocycles. The minimum absolute atomic E-state index is 0.0581. The van der Waals surface area contributed by atoms with Crippen LogP contribution in [0.4, 0.5) is 29.7 Å². The molecular weight excluding hydrogens is 547 g/mol. The maximum atomic E-state index is 13.6. The quantitative estimate of drug-likeness (QED) is 0.286. The summed E-state index contributed by atoms with van der Waals surface area (Å²) in [6.07, 6.45) is -0.826. The van der Waals surface area contributed by atoms with Crippen molar-refractivity contribution in [3.63, 3.8) is 0 Å². The van der Waals surface area contributed by atoms with Crippen molar-refractivity contribution in [2.24, 2.45) is 0 Å². The molecule has 214 valence electrons. The number of carboxylic acids is 1. The average molecular weight is 578 g/mol. The summed E-state index contributed by atoms with van der Waals surface area (Å²) in [4.78, 5) is 29.0. The molecule has 0 unspecified atom stereocenters. The number of nitrogens with one attached hydrogen (secondary N) is 2. The zero-order valence-corrected chi connectivity index (χ0v) is 22.6. The number of morpholine rings is 1. The molecule has 5 N–H and O–H groups in total. The van der Waals surface area contributed by atoms with Crippen LogP contribution in [0.3, 0.4) is 0 Å². The molecule has 2 heterocycles. The third kappa shape index (κ3) is 8.16. The fourth-order valence-corrected chi connectivity index (χ4v) is 4.62. The van der Waals surface area contributed by atoms with Crippen LogP contribution in [-0.4, -0.2) is 59.2 Å². The van der Waals surface area contributed by atoms with Gasteiger partial charge in [0.15, 0.2) is 5.13 Å². The predicted molar refractivity (Wildman–Crippen MR) is 147 cm³/mol. The van der Waals surface area contributed by atoms with E-state index in [0.717, 1.165) is 16.8 Å². The molecule has 40 heavy (non-hydrogen) atoms. The molecule has 0 atom stereocenters. The van der Waals surface area contributed by atoms with E-state index in [2.05, 4.69) is 15.6 Å². The number of halogens is 3. The highest BCUT2D eigenvalue weighted by molar-refractivity contribution is 7.17. The van der Waals surface area contributed by atoms with E-state index >= 15 is 0 Å². The van der Waals surface area contributed by atoms with Gasteiger partial charge in [0, 0.05) is 42.6 Å². The number of aryl methyl sites for hydroxylation is 1. The van der Waals surface area contributed by atoms with Crippen molar-refractivity contribution in [3.8, 4) is 0 Å². The molecule has 5 rings (SSSR count). The van der Waals surface area contributed by atoms with E-state index in [4.69, 9.17) is 15.6 Å². The largest absolute Gasteiger partial charge is 0.477 e. The summed E-state index contributed by atoms with van der Waals surface area (Å²) in [5, 5.41) is 15.0. The van der Waals surface area contributed by atoms with Crippen molar-refractivity contribution in [2.75, 3.05) is 42.7 Å². The van der Waals surface area contributed by atoms with Crippen LogP contribution in [0.2, 0.25) is 0 Å². The van der Waals surface area contributed by atoms with E-state index in [1.807, 2.05) is 11.8 Å². The number of aromatic carboxylic acids is 1. The number of nitrogens with two attached hydrogens (primary N) is 1. The van der Waals surface area contributed by atoms with Gasteiger partial charge in [0.25, 0.3) is 5.91 Å². The molecule has 0 spiro atoms. The van der Waals surface area contributed by atoms with Gasteiger partial charge in [-0.05, 0) is 55.2 Å². The first kappa shape index (κ1) is 29.3. The molecule has 2 aliphatic rings. The molecule has 1 saturated carbocycles. The van der Waals surface area contributed by atoms with Gasteiger partial charge >= 0.3 is 12.1 Å². The smallest absolute Gasteiger partial charge is 0.416 e. The number of carboxylic acid groups (broad SMARTS) is 1. The minimum Gasteiger partial charge on any atom is -0.477 e. The maximum absolute atomic E-state index is 13.6. The SMILES string of the molecule is Cc1ccc(NC(=O)c2ccc(CN3CCOCC3)c(C(F)(F)F)c2)cc1N.O=C(O)c1cnc(NC2CC2)s1. The zero-order valence-electron chi connectivity index (χ0n) is 21.8. The van der Waals surface area contributed by atoms with E-state index in [1.165, 1.54) is 42.5 Å². The molecule has 1 aliphatic carbocycles. The molecule has 1 amide bonds. The first-order valence-corrected chi connectivity index (χ1v) is 13.4. The maximum Gasteiger partial charge on any atom is 0.416 e. The van der Waals surface area contributed by atoms with E-state index in [1.54, 1.807) is 18.2 Å². The molecule has 1 aliphatic heterocycles. The van der Waals surface area contributed by atoms with Crippen LogP contribution >= 0.6 is 11.3 Å². The van der Waals surface area contributed by atoms with Crippen molar-refractivity contribution in [1.29, 1.82) is 0 Å². The van der Waals surface area contributed by atoms with E-state index in [-0.39, 0.29) is 22.5 Å². The Kier molecular flexibility index (Phi) is 9.28. The van der Waals surface area contributed by atoms with Gasteiger partial charge in [-0.2, -0.15) is 13.2 Å². The number of nitrogen functional groups attached to an aromatic ring is 1. The average Bonchev–Trinajstić information content (AvgIpc) is 3.60. The summed E-state index contributed by atoms with van der Waals surface area (Å²) >= 11 is 1.19. The van der Waals surface area contributed by atoms with Crippen LogP contribution in [0.25, 0.3) is 0 Å². The molecule has 0 bridgehead atoms. The number of carbonyl (C=O) groups excluding carboxylic acids is 1. The van der Waals surface area contributed by atoms with Crippen molar-refractivity contribution < 1.29 is 32.6 Å². The number of aromatic nitrogens is 1. The number of nitrogens with zero attached hydrogens (tertiary/aromatic N) is 2. The molecule has 1 saturated heterocycles. The van der Waals surface area contributed by atoms with Gasteiger partial charge in [-0.1, -0.05) is 23.5 Å². The zero-order chi connectivity index (χ0) is 28.9. The van der Waals surface area contributed by atoms with Crippen LogP contribution in [0.5, 0.6) is 0 Å². The van der Waals surface area contributed by atoms with Gasteiger partial charge in [0.05, 0.1) is 25.0 Å². The highest BCUT2D eigenvalue weighted by Gasteiger charge is 2.34. The van der Waals surface area contributed by atoms with Crippen molar-refractivity contribution >= 4 is 39.7 Å². The highest BCUT2D eigenvalue weighted by atomic mass is 32.1.